The Bertz CT molecular complexity index is 399. The molecule has 0 radical (unpaired) electrons. The van der Waals surface area contributed by atoms with Crippen LogP contribution in [0, 0.1) is 0 Å². The molecule has 4 heteroatoms. The van der Waals surface area contributed by atoms with E-state index in [1.807, 2.05) is 0 Å². The highest BCUT2D eigenvalue weighted by molar-refractivity contribution is 5.88. The first-order chi connectivity index (χ1) is 9.78. The van der Waals surface area contributed by atoms with Crippen LogP contribution in [0.15, 0.2) is 12.1 Å². The second-order valence-corrected chi connectivity index (χ2v) is 4.54. The molecule has 0 atom stereocenters. The molecule has 0 spiro atoms. The second kappa shape index (κ2) is 9.13. The number of unbranched alkanes of at least 4 members (excludes halogenated alkanes) is 2. The van der Waals surface area contributed by atoms with Gasteiger partial charge in [0.25, 0.3) is 0 Å². The van der Waals surface area contributed by atoms with Gasteiger partial charge in [-0.3, -0.25) is 9.59 Å². The van der Waals surface area contributed by atoms with Crippen LogP contribution in [-0.2, 0) is 0 Å². The summed E-state index contributed by atoms with van der Waals surface area (Å²) in [5.74, 6) is 0.767. The van der Waals surface area contributed by atoms with E-state index in [0.717, 1.165) is 38.3 Å². The van der Waals surface area contributed by atoms with E-state index in [4.69, 9.17) is 9.47 Å². The third-order valence-electron chi connectivity index (χ3n) is 2.92. The Morgan fingerprint density at radius 1 is 0.850 bits per heavy atom. The molecule has 0 saturated heterocycles. The molecule has 20 heavy (non-hydrogen) atoms. The van der Waals surface area contributed by atoms with Gasteiger partial charge in [-0.2, -0.15) is 0 Å². The average molecular weight is 278 g/mol. The minimum Gasteiger partial charge on any atom is -0.489 e. The minimum atomic E-state index is 0.383. The maximum absolute atomic E-state index is 11.1. The van der Waals surface area contributed by atoms with E-state index < -0.39 is 0 Å². The highest BCUT2D eigenvalue weighted by atomic mass is 16.5. The fourth-order valence-electron chi connectivity index (χ4n) is 1.71. The van der Waals surface area contributed by atoms with Gasteiger partial charge in [0.2, 0.25) is 0 Å². The Morgan fingerprint density at radius 3 is 1.55 bits per heavy atom. The molecule has 1 rings (SSSR count). The number of hydrogen-bond donors (Lipinski definition) is 0. The van der Waals surface area contributed by atoms with E-state index in [9.17, 15) is 9.59 Å². The largest absolute Gasteiger partial charge is 0.489 e. The highest BCUT2D eigenvalue weighted by Crippen LogP contribution is 2.34. The van der Waals surface area contributed by atoms with Gasteiger partial charge in [-0.1, -0.05) is 26.7 Å². The predicted octanol–water partition coefficient (Wildman–Crippen LogP) is 3.67. The summed E-state index contributed by atoms with van der Waals surface area (Å²) in [6.07, 6.45) is 5.22. The normalized spacial score (nSPS) is 10.1. The minimum absolute atomic E-state index is 0.383. The van der Waals surface area contributed by atoms with Crippen LogP contribution in [0.2, 0.25) is 0 Å². The highest BCUT2D eigenvalue weighted by Gasteiger charge is 2.16. The van der Waals surface area contributed by atoms with Crippen molar-refractivity contribution < 1.29 is 19.1 Å². The zero-order chi connectivity index (χ0) is 14.8. The quantitative estimate of drug-likeness (QED) is 0.484. The van der Waals surface area contributed by atoms with Crippen molar-refractivity contribution in [1.29, 1.82) is 0 Å². The van der Waals surface area contributed by atoms with Crippen LogP contribution in [0.1, 0.15) is 60.2 Å². The standard InChI is InChI=1S/C16H22O4/c1-3-5-9-19-15-13(11-17)7-8-14(12-18)16(15)20-10-6-4-2/h7-8,11-12H,3-6,9-10H2,1-2H3. The fourth-order valence-corrected chi connectivity index (χ4v) is 1.71. The van der Waals surface area contributed by atoms with E-state index in [1.54, 1.807) is 12.1 Å². The molecule has 110 valence electrons. The van der Waals surface area contributed by atoms with Gasteiger partial charge in [0.05, 0.1) is 24.3 Å². The molecule has 0 aliphatic heterocycles. The maximum Gasteiger partial charge on any atom is 0.172 e. The van der Waals surface area contributed by atoms with Gasteiger partial charge in [-0.25, -0.2) is 0 Å². The Labute approximate surface area is 120 Å². The third-order valence-corrected chi connectivity index (χ3v) is 2.92. The summed E-state index contributed by atoms with van der Waals surface area (Å²) < 4.78 is 11.3. The van der Waals surface area contributed by atoms with Crippen molar-refractivity contribution in [1.82, 2.24) is 0 Å². The summed E-state index contributed by atoms with van der Waals surface area (Å²) >= 11 is 0. The summed E-state index contributed by atoms with van der Waals surface area (Å²) in [5.41, 5.74) is 0.830. The first kappa shape index (κ1) is 16.2. The van der Waals surface area contributed by atoms with Crippen LogP contribution < -0.4 is 9.47 Å². The number of carbonyl (C=O) groups excluding carboxylic acids is 2. The predicted molar refractivity (Wildman–Crippen MR) is 78.0 cm³/mol. The molecule has 0 bridgehead atoms. The molecule has 0 aliphatic rings. The molecular formula is C16H22O4. The fraction of sp³-hybridized carbons (Fsp3) is 0.500. The number of rotatable bonds is 10. The van der Waals surface area contributed by atoms with E-state index in [2.05, 4.69) is 13.8 Å². The van der Waals surface area contributed by atoms with Crippen molar-refractivity contribution in [2.75, 3.05) is 13.2 Å². The van der Waals surface area contributed by atoms with E-state index in [1.165, 1.54) is 0 Å². The van der Waals surface area contributed by atoms with Gasteiger partial charge in [0.15, 0.2) is 24.1 Å². The summed E-state index contributed by atoms with van der Waals surface area (Å²) in [6.45, 7) is 5.13. The molecule has 4 nitrogen and oxygen atoms in total. The topological polar surface area (TPSA) is 52.6 Å². The number of benzene rings is 1. The average Bonchev–Trinajstić information content (AvgIpc) is 2.48. The number of carbonyl (C=O) groups is 2. The van der Waals surface area contributed by atoms with Crippen molar-refractivity contribution in [3.05, 3.63) is 23.3 Å². The molecule has 1 aromatic carbocycles. The van der Waals surface area contributed by atoms with Crippen molar-refractivity contribution in [3.8, 4) is 11.5 Å². The van der Waals surface area contributed by atoms with Crippen LogP contribution >= 0.6 is 0 Å². The molecule has 0 heterocycles. The van der Waals surface area contributed by atoms with Gasteiger partial charge >= 0.3 is 0 Å². The van der Waals surface area contributed by atoms with Crippen molar-refractivity contribution >= 4 is 12.6 Å². The third kappa shape index (κ3) is 4.37. The molecule has 0 N–H and O–H groups in total. The lowest BCUT2D eigenvalue weighted by Gasteiger charge is -2.16. The number of hydrogen-bond acceptors (Lipinski definition) is 4. The lowest BCUT2D eigenvalue weighted by Crippen LogP contribution is -2.06. The van der Waals surface area contributed by atoms with Crippen LogP contribution in [0.3, 0.4) is 0 Å². The van der Waals surface area contributed by atoms with Crippen LogP contribution in [0.5, 0.6) is 11.5 Å². The Balaban J connectivity index is 3.04. The lowest BCUT2D eigenvalue weighted by atomic mass is 10.1. The molecule has 1 aromatic rings. The maximum atomic E-state index is 11.1. The Hall–Kier alpha value is -1.84. The van der Waals surface area contributed by atoms with Gasteiger partial charge < -0.3 is 9.47 Å². The molecular weight excluding hydrogens is 256 g/mol. The number of ether oxygens (including phenoxy) is 2. The van der Waals surface area contributed by atoms with Crippen molar-refractivity contribution in [2.24, 2.45) is 0 Å². The summed E-state index contributed by atoms with van der Waals surface area (Å²) in [5, 5.41) is 0. The van der Waals surface area contributed by atoms with E-state index in [-0.39, 0.29) is 0 Å². The van der Waals surface area contributed by atoms with Crippen LogP contribution in [0.25, 0.3) is 0 Å². The van der Waals surface area contributed by atoms with Gasteiger partial charge in [-0.15, -0.1) is 0 Å². The molecule has 0 aromatic heterocycles. The van der Waals surface area contributed by atoms with Gasteiger partial charge in [0.1, 0.15) is 0 Å². The molecule has 0 amide bonds. The van der Waals surface area contributed by atoms with E-state index in [0.29, 0.717) is 35.8 Å². The van der Waals surface area contributed by atoms with Gasteiger partial charge in [0, 0.05) is 0 Å². The van der Waals surface area contributed by atoms with Crippen molar-refractivity contribution in [3.63, 3.8) is 0 Å². The van der Waals surface area contributed by atoms with Crippen LogP contribution in [0.4, 0.5) is 0 Å². The molecule has 0 aliphatic carbocycles. The summed E-state index contributed by atoms with van der Waals surface area (Å²) in [6, 6.07) is 3.18. The summed E-state index contributed by atoms with van der Waals surface area (Å²) in [7, 11) is 0. The summed E-state index contributed by atoms with van der Waals surface area (Å²) in [4.78, 5) is 22.2. The number of aldehydes is 2. The Kier molecular flexibility index (Phi) is 7.40. The van der Waals surface area contributed by atoms with Crippen LogP contribution in [-0.4, -0.2) is 25.8 Å². The smallest absolute Gasteiger partial charge is 0.172 e. The monoisotopic (exact) mass is 278 g/mol. The Morgan fingerprint density at radius 2 is 1.25 bits per heavy atom. The zero-order valence-corrected chi connectivity index (χ0v) is 12.2. The molecule has 0 unspecified atom stereocenters. The molecule has 0 fully saturated rings. The second-order valence-electron chi connectivity index (χ2n) is 4.54. The first-order valence-electron chi connectivity index (χ1n) is 7.11. The van der Waals surface area contributed by atoms with Crippen molar-refractivity contribution in [2.45, 2.75) is 39.5 Å². The first-order valence-corrected chi connectivity index (χ1v) is 7.11. The molecule has 0 saturated carbocycles. The lowest BCUT2D eigenvalue weighted by molar-refractivity contribution is 0.110. The van der Waals surface area contributed by atoms with E-state index >= 15 is 0 Å². The van der Waals surface area contributed by atoms with Gasteiger partial charge in [-0.05, 0) is 25.0 Å². The SMILES string of the molecule is CCCCOc1c(C=O)ccc(C=O)c1OCCCC. The zero-order valence-electron chi connectivity index (χ0n) is 12.2.